The van der Waals surface area contributed by atoms with Crippen molar-refractivity contribution < 1.29 is 4.79 Å². The Morgan fingerprint density at radius 2 is 2.05 bits per heavy atom. The molecule has 102 valence electrons. The summed E-state index contributed by atoms with van der Waals surface area (Å²) in [5.74, 6) is 0.144. The molecule has 1 aromatic carbocycles. The number of anilines is 1. The average Bonchev–Trinajstić information content (AvgIpc) is 2.99. The molecular weight excluding hydrogens is 238 g/mol. The van der Waals surface area contributed by atoms with Gasteiger partial charge in [-0.05, 0) is 43.6 Å². The van der Waals surface area contributed by atoms with E-state index >= 15 is 0 Å². The summed E-state index contributed by atoms with van der Waals surface area (Å²) in [6, 6.07) is 8.30. The highest BCUT2D eigenvalue weighted by atomic mass is 16.2. The largest absolute Gasteiger partial charge is 0.326 e. The zero-order chi connectivity index (χ0) is 13.2. The van der Waals surface area contributed by atoms with E-state index in [-0.39, 0.29) is 11.9 Å². The summed E-state index contributed by atoms with van der Waals surface area (Å²) in [4.78, 5) is 16.2. The van der Waals surface area contributed by atoms with Crippen molar-refractivity contribution >= 4 is 11.6 Å². The van der Waals surface area contributed by atoms with Gasteiger partial charge in [0.25, 0.3) is 0 Å². The van der Waals surface area contributed by atoms with Gasteiger partial charge in [0.15, 0.2) is 0 Å². The third-order valence-corrected chi connectivity index (χ3v) is 3.98. The monoisotopic (exact) mass is 259 g/mol. The lowest BCUT2D eigenvalue weighted by atomic mass is 10.2. The van der Waals surface area contributed by atoms with E-state index in [1.807, 2.05) is 17.0 Å². The molecule has 0 spiro atoms. The van der Waals surface area contributed by atoms with Gasteiger partial charge in [0.1, 0.15) is 0 Å². The predicted octanol–water partition coefficient (Wildman–Crippen LogP) is 1.35. The maximum Gasteiger partial charge on any atom is 0.228 e. The van der Waals surface area contributed by atoms with E-state index in [0.29, 0.717) is 13.0 Å². The predicted molar refractivity (Wildman–Crippen MR) is 75.9 cm³/mol. The van der Waals surface area contributed by atoms with Crippen LogP contribution in [0.25, 0.3) is 0 Å². The van der Waals surface area contributed by atoms with E-state index in [0.717, 1.165) is 12.2 Å². The fraction of sp³-hybridized carbons (Fsp3) is 0.533. The Bertz CT molecular complexity index is 468. The summed E-state index contributed by atoms with van der Waals surface area (Å²) in [5.41, 5.74) is 8.13. The Morgan fingerprint density at radius 3 is 2.74 bits per heavy atom. The van der Waals surface area contributed by atoms with Gasteiger partial charge in [-0.25, -0.2) is 0 Å². The van der Waals surface area contributed by atoms with E-state index in [1.165, 1.54) is 31.5 Å². The molecular formula is C15H21N3O. The highest BCUT2D eigenvalue weighted by molar-refractivity contribution is 5.96. The van der Waals surface area contributed by atoms with Crippen LogP contribution in [0.2, 0.25) is 0 Å². The molecule has 0 bridgehead atoms. The minimum atomic E-state index is -0.0188. The number of hydrogen-bond acceptors (Lipinski definition) is 3. The lowest BCUT2D eigenvalue weighted by Crippen LogP contribution is -2.28. The molecule has 1 unspecified atom stereocenters. The number of likely N-dealkylation sites (tertiary alicyclic amines) is 1. The fourth-order valence-electron chi connectivity index (χ4n) is 3.01. The molecule has 1 atom stereocenters. The quantitative estimate of drug-likeness (QED) is 0.891. The van der Waals surface area contributed by atoms with Crippen LogP contribution in [0.3, 0.4) is 0 Å². The lowest BCUT2D eigenvalue weighted by molar-refractivity contribution is -0.117. The standard InChI is InChI=1S/C15H21N3O/c16-13-9-15(19)18(11-13)14-5-3-4-12(8-14)10-17-6-1-2-7-17/h3-5,8,13H,1-2,6-7,9-11,16H2. The van der Waals surface area contributed by atoms with Crippen LogP contribution in [-0.4, -0.2) is 36.5 Å². The molecule has 4 nitrogen and oxygen atoms in total. The third-order valence-electron chi connectivity index (χ3n) is 3.98. The number of amides is 1. The van der Waals surface area contributed by atoms with Crippen LogP contribution in [0.4, 0.5) is 5.69 Å². The molecule has 2 fully saturated rings. The van der Waals surface area contributed by atoms with E-state index in [9.17, 15) is 4.79 Å². The van der Waals surface area contributed by atoms with Crippen molar-refractivity contribution in [2.75, 3.05) is 24.5 Å². The molecule has 0 radical (unpaired) electrons. The molecule has 0 aliphatic carbocycles. The zero-order valence-corrected chi connectivity index (χ0v) is 11.2. The summed E-state index contributed by atoms with van der Waals surface area (Å²) in [6.45, 7) is 4.02. The average molecular weight is 259 g/mol. The highest BCUT2D eigenvalue weighted by Gasteiger charge is 2.28. The summed E-state index contributed by atoms with van der Waals surface area (Å²) >= 11 is 0. The van der Waals surface area contributed by atoms with Gasteiger partial charge in [-0.3, -0.25) is 9.69 Å². The summed E-state index contributed by atoms with van der Waals surface area (Å²) in [7, 11) is 0. The van der Waals surface area contributed by atoms with Crippen molar-refractivity contribution in [3.05, 3.63) is 29.8 Å². The first-order valence-corrected chi connectivity index (χ1v) is 7.09. The maximum atomic E-state index is 11.9. The van der Waals surface area contributed by atoms with Crippen molar-refractivity contribution in [2.24, 2.45) is 5.73 Å². The molecule has 2 aliphatic heterocycles. The van der Waals surface area contributed by atoms with Gasteiger partial charge in [-0.15, -0.1) is 0 Å². The van der Waals surface area contributed by atoms with Crippen LogP contribution in [0.1, 0.15) is 24.8 Å². The van der Waals surface area contributed by atoms with Gasteiger partial charge in [0.05, 0.1) is 0 Å². The maximum absolute atomic E-state index is 11.9. The molecule has 2 aliphatic rings. The molecule has 19 heavy (non-hydrogen) atoms. The second-order valence-electron chi connectivity index (χ2n) is 5.62. The fourth-order valence-corrected chi connectivity index (χ4v) is 3.01. The van der Waals surface area contributed by atoms with Gasteiger partial charge in [0, 0.05) is 31.2 Å². The molecule has 3 rings (SSSR count). The van der Waals surface area contributed by atoms with Gasteiger partial charge in [-0.2, -0.15) is 0 Å². The van der Waals surface area contributed by atoms with Gasteiger partial charge < -0.3 is 10.6 Å². The molecule has 1 aromatic rings. The van der Waals surface area contributed by atoms with E-state index < -0.39 is 0 Å². The Labute approximate surface area is 114 Å². The number of carbonyl (C=O) groups excluding carboxylic acids is 1. The number of carbonyl (C=O) groups is 1. The Kier molecular flexibility index (Phi) is 3.53. The first-order valence-electron chi connectivity index (χ1n) is 7.09. The van der Waals surface area contributed by atoms with E-state index in [2.05, 4.69) is 17.0 Å². The topological polar surface area (TPSA) is 49.6 Å². The van der Waals surface area contributed by atoms with Gasteiger partial charge in [-0.1, -0.05) is 12.1 Å². The second-order valence-corrected chi connectivity index (χ2v) is 5.62. The molecule has 2 N–H and O–H groups in total. The van der Waals surface area contributed by atoms with Gasteiger partial charge in [0.2, 0.25) is 5.91 Å². The second kappa shape index (κ2) is 5.31. The first-order chi connectivity index (χ1) is 9.22. The van der Waals surface area contributed by atoms with Crippen molar-refractivity contribution in [3.63, 3.8) is 0 Å². The van der Waals surface area contributed by atoms with Gasteiger partial charge >= 0.3 is 0 Å². The number of benzene rings is 1. The number of nitrogens with zero attached hydrogens (tertiary/aromatic N) is 2. The van der Waals surface area contributed by atoms with Crippen LogP contribution >= 0.6 is 0 Å². The van der Waals surface area contributed by atoms with Crippen molar-refractivity contribution in [1.82, 2.24) is 4.90 Å². The Morgan fingerprint density at radius 1 is 1.26 bits per heavy atom. The van der Waals surface area contributed by atoms with Crippen molar-refractivity contribution in [2.45, 2.75) is 31.8 Å². The zero-order valence-electron chi connectivity index (χ0n) is 11.2. The van der Waals surface area contributed by atoms with E-state index in [1.54, 1.807) is 0 Å². The Balaban J connectivity index is 1.74. The van der Waals surface area contributed by atoms with Crippen molar-refractivity contribution in [3.8, 4) is 0 Å². The smallest absolute Gasteiger partial charge is 0.228 e. The van der Waals surface area contributed by atoms with Crippen LogP contribution in [0, 0.1) is 0 Å². The molecule has 4 heteroatoms. The number of rotatable bonds is 3. The summed E-state index contributed by atoms with van der Waals surface area (Å²) < 4.78 is 0. The van der Waals surface area contributed by atoms with Crippen LogP contribution in [0.15, 0.2) is 24.3 Å². The Hall–Kier alpha value is -1.39. The van der Waals surface area contributed by atoms with Crippen molar-refractivity contribution in [1.29, 1.82) is 0 Å². The molecule has 0 saturated carbocycles. The molecule has 2 saturated heterocycles. The lowest BCUT2D eigenvalue weighted by Gasteiger charge is -2.19. The summed E-state index contributed by atoms with van der Waals surface area (Å²) in [5, 5.41) is 0. The number of hydrogen-bond donors (Lipinski definition) is 1. The SMILES string of the molecule is NC1CC(=O)N(c2cccc(CN3CCCC3)c2)C1. The molecule has 0 aromatic heterocycles. The molecule has 2 heterocycles. The van der Waals surface area contributed by atoms with Crippen LogP contribution < -0.4 is 10.6 Å². The van der Waals surface area contributed by atoms with Crippen LogP contribution in [-0.2, 0) is 11.3 Å². The third kappa shape index (κ3) is 2.80. The molecule has 1 amide bonds. The first kappa shape index (κ1) is 12.6. The minimum Gasteiger partial charge on any atom is -0.326 e. The highest BCUT2D eigenvalue weighted by Crippen LogP contribution is 2.23. The van der Waals surface area contributed by atoms with Crippen LogP contribution in [0.5, 0.6) is 0 Å². The van der Waals surface area contributed by atoms with E-state index in [4.69, 9.17) is 5.73 Å². The normalized spacial score (nSPS) is 24.4. The minimum absolute atomic E-state index is 0.0188. The number of nitrogens with two attached hydrogens (primary N) is 1. The summed E-state index contributed by atoms with van der Waals surface area (Å²) in [6.07, 6.45) is 3.08.